The van der Waals surface area contributed by atoms with Crippen molar-refractivity contribution in [1.29, 1.82) is 0 Å². The number of carboxylic acid groups (broad SMARTS) is 1. The van der Waals surface area contributed by atoms with Crippen molar-refractivity contribution in [3.05, 3.63) is 41.0 Å². The average Bonchev–Trinajstić information content (AvgIpc) is 2.70. The highest BCUT2D eigenvalue weighted by Gasteiger charge is 2.44. The maximum Gasteiger partial charge on any atom is 0.328 e. The van der Waals surface area contributed by atoms with Crippen molar-refractivity contribution in [2.24, 2.45) is 0 Å². The minimum atomic E-state index is -1.19. The van der Waals surface area contributed by atoms with Gasteiger partial charge in [0.1, 0.15) is 6.04 Å². The summed E-state index contributed by atoms with van der Waals surface area (Å²) in [5.74, 6) is -3.60. The van der Waals surface area contributed by atoms with Crippen LogP contribution >= 0.6 is 0 Å². The fourth-order valence-corrected chi connectivity index (χ4v) is 3.03. The van der Waals surface area contributed by atoms with Crippen molar-refractivity contribution in [2.45, 2.75) is 25.3 Å². The van der Waals surface area contributed by atoms with E-state index in [0.29, 0.717) is 6.42 Å². The standard InChI is InChI=1S/C17H14N2O6/c20-12-6-2-5-11(15(23)18-12)19-16(24)10-4-1-3-9(7-8-13(21)22)14(10)17(19)25/h1,3-4,7-8,11H,2,5-6H2,(H,21,22)(H,18,20,23)/b8-7+. The summed E-state index contributed by atoms with van der Waals surface area (Å²) in [6, 6.07) is 3.44. The van der Waals surface area contributed by atoms with E-state index < -0.39 is 35.6 Å². The summed E-state index contributed by atoms with van der Waals surface area (Å²) in [4.78, 5) is 60.6. The molecule has 2 aliphatic rings. The lowest BCUT2D eigenvalue weighted by Gasteiger charge is -2.23. The van der Waals surface area contributed by atoms with E-state index in [9.17, 15) is 24.0 Å². The predicted octanol–water partition coefficient (Wildman–Crippen LogP) is 0.576. The van der Waals surface area contributed by atoms with E-state index in [2.05, 4.69) is 5.32 Å². The van der Waals surface area contributed by atoms with Crippen LogP contribution in [-0.2, 0) is 14.4 Å². The summed E-state index contributed by atoms with van der Waals surface area (Å²) in [5, 5.41) is 10.9. The van der Waals surface area contributed by atoms with Crippen LogP contribution in [0.25, 0.3) is 6.08 Å². The molecule has 8 heteroatoms. The van der Waals surface area contributed by atoms with Crippen LogP contribution in [0.5, 0.6) is 0 Å². The molecule has 3 rings (SSSR count). The van der Waals surface area contributed by atoms with E-state index in [0.717, 1.165) is 11.0 Å². The largest absolute Gasteiger partial charge is 0.478 e. The lowest BCUT2D eigenvalue weighted by molar-refractivity contribution is -0.132. The van der Waals surface area contributed by atoms with Crippen molar-refractivity contribution < 1.29 is 29.1 Å². The first-order valence-electron chi connectivity index (χ1n) is 7.65. The zero-order valence-electron chi connectivity index (χ0n) is 13.0. The van der Waals surface area contributed by atoms with E-state index >= 15 is 0 Å². The topological polar surface area (TPSA) is 121 Å². The maximum atomic E-state index is 12.8. The third-order valence-electron chi connectivity index (χ3n) is 4.14. The van der Waals surface area contributed by atoms with Gasteiger partial charge in [-0.1, -0.05) is 12.1 Å². The number of hydrogen-bond donors (Lipinski definition) is 2. The van der Waals surface area contributed by atoms with Gasteiger partial charge in [0.05, 0.1) is 11.1 Å². The van der Waals surface area contributed by atoms with E-state index in [-0.39, 0.29) is 29.5 Å². The Morgan fingerprint density at radius 2 is 1.96 bits per heavy atom. The number of carbonyl (C=O) groups is 5. The van der Waals surface area contributed by atoms with Crippen LogP contribution in [0.4, 0.5) is 0 Å². The average molecular weight is 342 g/mol. The molecule has 1 saturated heterocycles. The number of rotatable bonds is 3. The summed E-state index contributed by atoms with van der Waals surface area (Å²) < 4.78 is 0. The molecule has 0 bridgehead atoms. The highest BCUT2D eigenvalue weighted by atomic mass is 16.4. The number of fused-ring (bicyclic) bond motifs is 1. The molecule has 0 spiro atoms. The summed E-state index contributed by atoms with van der Waals surface area (Å²) in [5.41, 5.74) is 0.458. The van der Waals surface area contributed by atoms with Crippen molar-refractivity contribution in [3.63, 3.8) is 0 Å². The molecular formula is C17H14N2O6. The molecule has 2 aliphatic heterocycles. The van der Waals surface area contributed by atoms with Gasteiger partial charge in [0.25, 0.3) is 11.8 Å². The summed E-state index contributed by atoms with van der Waals surface area (Å²) >= 11 is 0. The van der Waals surface area contributed by atoms with Gasteiger partial charge in [-0.15, -0.1) is 0 Å². The van der Waals surface area contributed by atoms with Crippen LogP contribution in [0.15, 0.2) is 24.3 Å². The highest BCUT2D eigenvalue weighted by Crippen LogP contribution is 2.30. The molecule has 1 atom stereocenters. The SMILES string of the molecule is O=C(O)/C=C/c1cccc2c1C(=O)N(C1CCCC(=O)NC1=O)C2=O. The van der Waals surface area contributed by atoms with Gasteiger partial charge < -0.3 is 5.11 Å². The molecule has 0 aliphatic carbocycles. The second-order valence-electron chi connectivity index (χ2n) is 5.74. The fourth-order valence-electron chi connectivity index (χ4n) is 3.03. The third kappa shape index (κ3) is 2.93. The first-order valence-corrected chi connectivity index (χ1v) is 7.65. The summed E-state index contributed by atoms with van der Waals surface area (Å²) in [6.07, 6.45) is 2.82. The summed E-state index contributed by atoms with van der Waals surface area (Å²) in [7, 11) is 0. The molecule has 1 aromatic rings. The molecule has 0 saturated carbocycles. The van der Waals surface area contributed by atoms with Gasteiger partial charge in [0, 0.05) is 12.5 Å². The second kappa shape index (κ2) is 6.31. The molecule has 1 unspecified atom stereocenters. The molecule has 2 N–H and O–H groups in total. The van der Waals surface area contributed by atoms with E-state index in [4.69, 9.17) is 5.11 Å². The Morgan fingerprint density at radius 3 is 2.68 bits per heavy atom. The van der Waals surface area contributed by atoms with E-state index in [1.807, 2.05) is 0 Å². The van der Waals surface area contributed by atoms with Crippen molar-refractivity contribution in [1.82, 2.24) is 10.2 Å². The van der Waals surface area contributed by atoms with Gasteiger partial charge in [0.2, 0.25) is 11.8 Å². The Balaban J connectivity index is 2.00. The first kappa shape index (κ1) is 16.6. The number of aliphatic carboxylic acids is 1. The summed E-state index contributed by atoms with van der Waals surface area (Å²) in [6.45, 7) is 0. The zero-order chi connectivity index (χ0) is 18.1. The van der Waals surface area contributed by atoms with Crippen LogP contribution < -0.4 is 5.32 Å². The number of imide groups is 2. The van der Waals surface area contributed by atoms with Crippen LogP contribution in [0, 0.1) is 0 Å². The monoisotopic (exact) mass is 342 g/mol. The molecule has 1 fully saturated rings. The van der Waals surface area contributed by atoms with Crippen LogP contribution in [-0.4, -0.2) is 45.6 Å². The van der Waals surface area contributed by atoms with E-state index in [1.165, 1.54) is 24.3 Å². The molecule has 4 amide bonds. The van der Waals surface area contributed by atoms with Gasteiger partial charge in [-0.25, -0.2) is 4.79 Å². The molecule has 8 nitrogen and oxygen atoms in total. The minimum Gasteiger partial charge on any atom is -0.478 e. The number of nitrogens with one attached hydrogen (secondary N) is 1. The molecular weight excluding hydrogens is 328 g/mol. The molecule has 0 aromatic heterocycles. The smallest absolute Gasteiger partial charge is 0.328 e. The molecule has 128 valence electrons. The third-order valence-corrected chi connectivity index (χ3v) is 4.14. The van der Waals surface area contributed by atoms with Gasteiger partial charge in [-0.2, -0.15) is 0 Å². The van der Waals surface area contributed by atoms with Crippen molar-refractivity contribution in [2.75, 3.05) is 0 Å². The Bertz CT molecular complexity index is 842. The van der Waals surface area contributed by atoms with E-state index in [1.54, 1.807) is 0 Å². The quantitative estimate of drug-likeness (QED) is 0.612. The van der Waals surface area contributed by atoms with Crippen LogP contribution in [0.1, 0.15) is 45.5 Å². The molecule has 1 aromatic carbocycles. The number of amides is 4. The number of hydrogen-bond acceptors (Lipinski definition) is 5. The van der Waals surface area contributed by atoms with Gasteiger partial charge >= 0.3 is 5.97 Å². The molecule has 2 heterocycles. The normalized spacial score (nSPS) is 20.6. The second-order valence-corrected chi connectivity index (χ2v) is 5.74. The number of nitrogens with zero attached hydrogens (tertiary/aromatic N) is 1. The lowest BCUT2D eigenvalue weighted by atomic mass is 10.0. The predicted molar refractivity (Wildman–Crippen MR) is 84.4 cm³/mol. The first-order chi connectivity index (χ1) is 11.9. The lowest BCUT2D eigenvalue weighted by Crippen LogP contribution is -2.49. The molecule has 0 radical (unpaired) electrons. The Hall–Kier alpha value is -3.29. The van der Waals surface area contributed by atoms with Gasteiger partial charge in [0.15, 0.2) is 0 Å². The number of carboxylic acids is 1. The van der Waals surface area contributed by atoms with Crippen molar-refractivity contribution in [3.8, 4) is 0 Å². The Labute approximate surface area is 142 Å². The number of carbonyl (C=O) groups excluding carboxylic acids is 4. The minimum absolute atomic E-state index is 0.0633. The fraction of sp³-hybridized carbons (Fsp3) is 0.235. The zero-order valence-corrected chi connectivity index (χ0v) is 13.0. The van der Waals surface area contributed by atoms with Gasteiger partial charge in [-0.05, 0) is 30.5 Å². The maximum absolute atomic E-state index is 12.8. The number of benzene rings is 1. The molecule has 25 heavy (non-hydrogen) atoms. The van der Waals surface area contributed by atoms with Crippen molar-refractivity contribution >= 4 is 35.7 Å². The van der Waals surface area contributed by atoms with Crippen LogP contribution in [0.3, 0.4) is 0 Å². The van der Waals surface area contributed by atoms with Crippen LogP contribution in [0.2, 0.25) is 0 Å². The Kier molecular flexibility index (Phi) is 4.18. The van der Waals surface area contributed by atoms with Gasteiger partial charge in [-0.3, -0.25) is 29.4 Å². The Morgan fingerprint density at radius 1 is 1.20 bits per heavy atom. The highest BCUT2D eigenvalue weighted by molar-refractivity contribution is 6.24.